The van der Waals surface area contributed by atoms with Crippen molar-refractivity contribution < 1.29 is 9.53 Å². The number of para-hydroxylation sites is 1. The van der Waals surface area contributed by atoms with E-state index in [1.54, 1.807) is 0 Å². The highest BCUT2D eigenvalue weighted by Gasteiger charge is 2.26. The van der Waals surface area contributed by atoms with Crippen LogP contribution in [0.4, 0.5) is 0 Å². The fraction of sp³-hybridized carbons (Fsp3) is 0.286. The van der Waals surface area contributed by atoms with Crippen LogP contribution in [0.1, 0.15) is 28.9 Å². The minimum atomic E-state index is -0.0921. The topological polar surface area (TPSA) is 45.3 Å². The molecule has 5 heteroatoms. The summed E-state index contributed by atoms with van der Waals surface area (Å²) in [6, 6.07) is 17.7. The molecule has 1 aromatic heterocycles. The molecule has 0 aliphatic carbocycles. The zero-order chi connectivity index (χ0) is 17.9. The van der Waals surface area contributed by atoms with Crippen LogP contribution in [0.15, 0.2) is 54.6 Å². The van der Waals surface area contributed by atoms with E-state index in [-0.39, 0.29) is 12.0 Å². The molecule has 2 aromatic carbocycles. The Morgan fingerprint density at radius 3 is 2.65 bits per heavy atom. The third kappa shape index (κ3) is 3.48. The van der Waals surface area contributed by atoms with Gasteiger partial charge in [-0.2, -0.15) is 0 Å². The third-order valence-corrected chi connectivity index (χ3v) is 5.20. The summed E-state index contributed by atoms with van der Waals surface area (Å²) in [5.41, 5.74) is 2.41. The van der Waals surface area contributed by atoms with Crippen LogP contribution < -0.4 is 0 Å². The second-order valence-electron chi connectivity index (χ2n) is 6.67. The van der Waals surface area contributed by atoms with Crippen LogP contribution in [0, 0.1) is 0 Å². The number of rotatable bonds is 5. The Balaban J connectivity index is 1.64. The van der Waals surface area contributed by atoms with Gasteiger partial charge in [-0.25, -0.2) is 0 Å². The van der Waals surface area contributed by atoms with Gasteiger partial charge in [0.15, 0.2) is 0 Å². The lowest BCUT2D eigenvalue weighted by Gasteiger charge is -2.25. The lowest BCUT2D eigenvalue weighted by atomic mass is 10.1. The second-order valence-corrected chi connectivity index (χ2v) is 7.04. The summed E-state index contributed by atoms with van der Waals surface area (Å²) < 4.78 is 5.76. The standard InChI is InChI=1S/C21H21ClN2O2/c22-19-17-10-4-5-11-18(17)23-20(19)21(25)24(14-16-9-6-12-26-16)13-15-7-2-1-3-8-15/h1-5,7-8,10-11,16,23H,6,9,12-14H2. The smallest absolute Gasteiger partial charge is 0.272 e. The summed E-state index contributed by atoms with van der Waals surface area (Å²) in [6.45, 7) is 1.87. The minimum Gasteiger partial charge on any atom is -0.376 e. The van der Waals surface area contributed by atoms with Gasteiger partial charge in [0.1, 0.15) is 5.69 Å². The van der Waals surface area contributed by atoms with Gasteiger partial charge in [0, 0.05) is 30.6 Å². The molecule has 1 amide bonds. The molecule has 2 heterocycles. The van der Waals surface area contributed by atoms with Gasteiger partial charge in [-0.3, -0.25) is 4.79 Å². The molecule has 1 fully saturated rings. The SMILES string of the molecule is O=C(c1[nH]c2ccccc2c1Cl)N(Cc1ccccc1)CC1CCCO1. The molecule has 1 atom stereocenters. The van der Waals surface area contributed by atoms with E-state index in [2.05, 4.69) is 4.98 Å². The molecule has 3 aromatic rings. The Bertz CT molecular complexity index is 901. The lowest BCUT2D eigenvalue weighted by molar-refractivity contribution is 0.0504. The molecule has 134 valence electrons. The summed E-state index contributed by atoms with van der Waals surface area (Å²) in [5, 5.41) is 1.35. The van der Waals surface area contributed by atoms with Crippen LogP contribution >= 0.6 is 11.6 Å². The van der Waals surface area contributed by atoms with Crippen molar-refractivity contribution in [1.82, 2.24) is 9.88 Å². The maximum atomic E-state index is 13.3. The normalized spacial score (nSPS) is 16.9. The monoisotopic (exact) mass is 368 g/mol. The first kappa shape index (κ1) is 17.1. The zero-order valence-electron chi connectivity index (χ0n) is 14.5. The molecule has 0 spiro atoms. The summed E-state index contributed by atoms with van der Waals surface area (Å²) >= 11 is 6.51. The Morgan fingerprint density at radius 2 is 1.92 bits per heavy atom. The molecule has 0 radical (unpaired) electrons. The maximum absolute atomic E-state index is 13.3. The molecule has 1 unspecified atom stereocenters. The first-order valence-corrected chi connectivity index (χ1v) is 9.31. The van der Waals surface area contributed by atoms with E-state index in [0.29, 0.717) is 23.8 Å². The van der Waals surface area contributed by atoms with Crippen molar-refractivity contribution in [3.8, 4) is 0 Å². The molecule has 26 heavy (non-hydrogen) atoms. The van der Waals surface area contributed by atoms with E-state index in [1.807, 2.05) is 59.5 Å². The van der Waals surface area contributed by atoms with Gasteiger partial charge in [0.2, 0.25) is 0 Å². The van der Waals surface area contributed by atoms with Crippen LogP contribution in [0.25, 0.3) is 10.9 Å². The first-order valence-electron chi connectivity index (χ1n) is 8.93. The number of carbonyl (C=O) groups excluding carboxylic acids is 1. The molecular weight excluding hydrogens is 348 g/mol. The van der Waals surface area contributed by atoms with Gasteiger partial charge in [-0.15, -0.1) is 0 Å². The number of benzene rings is 2. The van der Waals surface area contributed by atoms with Crippen molar-refractivity contribution in [2.45, 2.75) is 25.5 Å². The fourth-order valence-electron chi connectivity index (χ4n) is 3.47. The number of amides is 1. The third-order valence-electron chi connectivity index (χ3n) is 4.81. The maximum Gasteiger partial charge on any atom is 0.272 e. The highest BCUT2D eigenvalue weighted by atomic mass is 35.5. The average Bonchev–Trinajstić information content (AvgIpc) is 3.30. The zero-order valence-corrected chi connectivity index (χ0v) is 15.2. The molecule has 1 aliphatic heterocycles. The van der Waals surface area contributed by atoms with Crippen LogP contribution in [0.5, 0.6) is 0 Å². The minimum absolute atomic E-state index is 0.0887. The van der Waals surface area contributed by atoms with Crippen molar-refractivity contribution in [1.29, 1.82) is 0 Å². The molecule has 1 N–H and O–H groups in total. The lowest BCUT2D eigenvalue weighted by Crippen LogP contribution is -2.37. The van der Waals surface area contributed by atoms with E-state index in [4.69, 9.17) is 16.3 Å². The molecule has 0 saturated carbocycles. The summed E-state index contributed by atoms with van der Waals surface area (Å²) in [7, 11) is 0. The predicted octanol–water partition coefficient (Wildman–Crippen LogP) is 4.64. The Morgan fingerprint density at radius 1 is 1.15 bits per heavy atom. The number of aromatic nitrogens is 1. The van der Waals surface area contributed by atoms with Crippen LogP contribution in [0.3, 0.4) is 0 Å². The molecule has 1 aliphatic rings. The van der Waals surface area contributed by atoms with Gasteiger partial charge < -0.3 is 14.6 Å². The van der Waals surface area contributed by atoms with E-state index >= 15 is 0 Å². The van der Waals surface area contributed by atoms with Gasteiger partial charge in [-0.1, -0.05) is 60.1 Å². The number of fused-ring (bicyclic) bond motifs is 1. The van der Waals surface area contributed by atoms with Crippen molar-refractivity contribution in [3.63, 3.8) is 0 Å². The number of aromatic amines is 1. The summed E-state index contributed by atoms with van der Waals surface area (Å²) in [4.78, 5) is 18.3. The number of ether oxygens (including phenoxy) is 1. The van der Waals surface area contributed by atoms with Gasteiger partial charge >= 0.3 is 0 Å². The average molecular weight is 369 g/mol. The highest BCUT2D eigenvalue weighted by molar-refractivity contribution is 6.38. The number of halogens is 1. The molecule has 4 nitrogen and oxygen atoms in total. The quantitative estimate of drug-likeness (QED) is 0.712. The molecular formula is C21H21ClN2O2. The first-order chi connectivity index (χ1) is 12.7. The summed E-state index contributed by atoms with van der Waals surface area (Å²) in [6.07, 6.45) is 2.12. The number of hydrogen-bond acceptors (Lipinski definition) is 2. The van der Waals surface area contributed by atoms with Gasteiger partial charge in [0.05, 0.1) is 11.1 Å². The molecule has 0 bridgehead atoms. The van der Waals surface area contributed by atoms with Crippen LogP contribution in [0.2, 0.25) is 5.02 Å². The van der Waals surface area contributed by atoms with E-state index in [9.17, 15) is 4.79 Å². The highest BCUT2D eigenvalue weighted by Crippen LogP contribution is 2.29. The van der Waals surface area contributed by atoms with Crippen LogP contribution in [-0.4, -0.2) is 35.0 Å². The van der Waals surface area contributed by atoms with Gasteiger partial charge in [-0.05, 0) is 24.5 Å². The number of nitrogens with zero attached hydrogens (tertiary/aromatic N) is 1. The van der Waals surface area contributed by atoms with Gasteiger partial charge in [0.25, 0.3) is 5.91 Å². The number of carbonyl (C=O) groups is 1. The molecule has 1 saturated heterocycles. The number of H-pyrrole nitrogens is 1. The Kier molecular flexibility index (Phi) is 4.96. The number of nitrogens with one attached hydrogen (secondary N) is 1. The predicted molar refractivity (Wildman–Crippen MR) is 103 cm³/mol. The van der Waals surface area contributed by atoms with Crippen molar-refractivity contribution in [2.75, 3.05) is 13.2 Å². The summed E-state index contributed by atoms with van der Waals surface area (Å²) in [5.74, 6) is -0.0921. The Hall–Kier alpha value is -2.30. The van der Waals surface area contributed by atoms with E-state index in [0.717, 1.165) is 35.9 Å². The van der Waals surface area contributed by atoms with Crippen molar-refractivity contribution in [2.24, 2.45) is 0 Å². The number of hydrogen-bond donors (Lipinski definition) is 1. The van der Waals surface area contributed by atoms with Crippen LogP contribution in [-0.2, 0) is 11.3 Å². The second kappa shape index (κ2) is 7.52. The van der Waals surface area contributed by atoms with Crippen molar-refractivity contribution in [3.05, 3.63) is 70.9 Å². The largest absolute Gasteiger partial charge is 0.376 e. The fourth-order valence-corrected chi connectivity index (χ4v) is 3.76. The molecule has 4 rings (SSSR count). The Labute approximate surface area is 157 Å². The van der Waals surface area contributed by atoms with Crippen molar-refractivity contribution >= 4 is 28.4 Å². The van der Waals surface area contributed by atoms with E-state index in [1.165, 1.54) is 0 Å². The van der Waals surface area contributed by atoms with E-state index < -0.39 is 0 Å².